The molecule has 0 amide bonds. The molecule has 0 saturated heterocycles. The fourth-order valence-corrected chi connectivity index (χ4v) is 1.34. The number of aromatic amines is 1. The number of esters is 1. The van der Waals surface area contributed by atoms with Gasteiger partial charge in [-0.3, -0.25) is 14.6 Å². The predicted octanol–water partition coefficient (Wildman–Crippen LogP) is 0.182. The van der Waals surface area contributed by atoms with E-state index in [1.807, 2.05) is 0 Å². The Balaban J connectivity index is 2.26. The van der Waals surface area contributed by atoms with Crippen molar-refractivity contribution in [3.63, 3.8) is 0 Å². The van der Waals surface area contributed by atoms with Gasteiger partial charge in [-0.2, -0.15) is 0 Å². The topological polar surface area (TPSA) is 94.3 Å². The first kappa shape index (κ1) is 11.9. The molecule has 0 bridgehead atoms. The van der Waals surface area contributed by atoms with E-state index in [0.29, 0.717) is 5.76 Å². The van der Waals surface area contributed by atoms with Gasteiger partial charge in [0, 0.05) is 25.3 Å². The van der Waals surface area contributed by atoms with Crippen LogP contribution in [0.4, 0.5) is 0 Å². The molecule has 0 saturated carbocycles. The third kappa shape index (κ3) is 2.57. The summed E-state index contributed by atoms with van der Waals surface area (Å²) in [4.78, 5) is 35.1. The molecule has 2 rings (SSSR count). The summed E-state index contributed by atoms with van der Waals surface area (Å²) in [6, 6.07) is 4.32. The molecule has 0 aromatic carbocycles. The van der Waals surface area contributed by atoms with Crippen molar-refractivity contribution < 1.29 is 13.9 Å². The summed E-state index contributed by atoms with van der Waals surface area (Å²) in [7, 11) is 0. The summed E-state index contributed by atoms with van der Waals surface area (Å²) in [5.41, 5.74) is -1.08. The van der Waals surface area contributed by atoms with Crippen LogP contribution in [0.3, 0.4) is 0 Å². The summed E-state index contributed by atoms with van der Waals surface area (Å²) in [5.74, 6) is 0.214. The van der Waals surface area contributed by atoms with Gasteiger partial charge in [-0.15, -0.1) is 0 Å². The number of H-pyrrole nitrogens is 1. The van der Waals surface area contributed by atoms with Crippen LogP contribution in [-0.4, -0.2) is 15.5 Å². The molecule has 0 unspecified atom stereocenters. The fourth-order valence-electron chi connectivity index (χ4n) is 1.34. The zero-order valence-electron chi connectivity index (χ0n) is 9.50. The summed E-state index contributed by atoms with van der Waals surface area (Å²) in [6.45, 7) is 1.28. The molecule has 2 aromatic heterocycles. The van der Waals surface area contributed by atoms with Crippen molar-refractivity contribution in [1.29, 1.82) is 0 Å². The van der Waals surface area contributed by atoms with E-state index in [9.17, 15) is 14.4 Å². The van der Waals surface area contributed by atoms with Crippen LogP contribution in [0.5, 0.6) is 0 Å². The Morgan fingerprint density at radius 3 is 2.83 bits per heavy atom. The Morgan fingerprint density at radius 1 is 1.39 bits per heavy atom. The third-order valence-electron chi connectivity index (χ3n) is 2.13. The van der Waals surface area contributed by atoms with Crippen molar-refractivity contribution >= 4 is 5.97 Å². The molecular formula is C11H10N2O5. The SMILES string of the molecule is CC(=O)OCc1ccc(-n2ccc(=O)[nH]c2=O)o1. The lowest BCUT2D eigenvalue weighted by Gasteiger charge is -2.00. The van der Waals surface area contributed by atoms with Gasteiger partial charge in [0.2, 0.25) is 5.88 Å². The highest BCUT2D eigenvalue weighted by atomic mass is 16.5. The number of furan rings is 1. The Labute approximate surface area is 101 Å². The van der Waals surface area contributed by atoms with Gasteiger partial charge in [-0.1, -0.05) is 0 Å². The minimum absolute atomic E-state index is 0.00651. The first-order valence-electron chi connectivity index (χ1n) is 5.11. The molecule has 18 heavy (non-hydrogen) atoms. The summed E-state index contributed by atoms with van der Waals surface area (Å²) in [5, 5.41) is 0. The molecule has 0 radical (unpaired) electrons. The number of hydrogen-bond donors (Lipinski definition) is 1. The van der Waals surface area contributed by atoms with Crippen molar-refractivity contribution in [1.82, 2.24) is 9.55 Å². The minimum atomic E-state index is -0.601. The maximum Gasteiger partial charge on any atom is 0.335 e. The van der Waals surface area contributed by atoms with Gasteiger partial charge in [-0.25, -0.2) is 9.36 Å². The third-order valence-corrected chi connectivity index (χ3v) is 2.13. The Hall–Kier alpha value is -2.57. The highest BCUT2D eigenvalue weighted by molar-refractivity contribution is 5.65. The smallest absolute Gasteiger partial charge is 0.335 e. The molecule has 7 heteroatoms. The summed E-state index contributed by atoms with van der Waals surface area (Å²) >= 11 is 0. The van der Waals surface area contributed by atoms with Crippen LogP contribution in [0.1, 0.15) is 12.7 Å². The van der Waals surface area contributed by atoms with Gasteiger partial charge in [0.15, 0.2) is 0 Å². The van der Waals surface area contributed by atoms with Crippen LogP contribution in [0.2, 0.25) is 0 Å². The number of carbonyl (C=O) groups is 1. The average Bonchev–Trinajstić information content (AvgIpc) is 2.75. The lowest BCUT2D eigenvalue weighted by molar-refractivity contribution is -0.142. The second kappa shape index (κ2) is 4.74. The number of carbonyl (C=O) groups excluding carboxylic acids is 1. The van der Waals surface area contributed by atoms with Crippen LogP contribution in [0.25, 0.3) is 5.88 Å². The molecule has 0 spiro atoms. The number of ether oxygens (including phenoxy) is 1. The van der Waals surface area contributed by atoms with Gasteiger partial charge >= 0.3 is 11.7 Å². The van der Waals surface area contributed by atoms with Crippen LogP contribution in [0, 0.1) is 0 Å². The monoisotopic (exact) mass is 250 g/mol. The maximum absolute atomic E-state index is 11.5. The normalized spacial score (nSPS) is 10.3. The molecule has 0 aliphatic heterocycles. The Kier molecular flexibility index (Phi) is 3.13. The van der Waals surface area contributed by atoms with E-state index < -0.39 is 17.2 Å². The lowest BCUT2D eigenvalue weighted by atomic mass is 10.5. The van der Waals surface area contributed by atoms with Crippen molar-refractivity contribution in [2.24, 2.45) is 0 Å². The van der Waals surface area contributed by atoms with E-state index in [1.165, 1.54) is 19.2 Å². The van der Waals surface area contributed by atoms with Crippen LogP contribution in [-0.2, 0) is 16.1 Å². The zero-order valence-corrected chi connectivity index (χ0v) is 9.50. The number of aromatic nitrogens is 2. The van der Waals surface area contributed by atoms with Gasteiger partial charge < -0.3 is 9.15 Å². The van der Waals surface area contributed by atoms with Crippen LogP contribution >= 0.6 is 0 Å². The molecule has 94 valence electrons. The van der Waals surface area contributed by atoms with E-state index in [4.69, 9.17) is 9.15 Å². The molecule has 2 aromatic rings. The minimum Gasteiger partial charge on any atom is -0.458 e. The molecule has 0 atom stereocenters. The molecule has 1 N–H and O–H groups in total. The summed E-state index contributed by atoms with van der Waals surface area (Å²) in [6.07, 6.45) is 1.30. The molecule has 7 nitrogen and oxygen atoms in total. The van der Waals surface area contributed by atoms with E-state index >= 15 is 0 Å². The molecule has 0 aliphatic rings. The maximum atomic E-state index is 11.5. The summed E-state index contributed by atoms with van der Waals surface area (Å²) < 4.78 is 11.2. The fraction of sp³-hybridized carbons (Fsp3) is 0.182. The second-order valence-electron chi connectivity index (χ2n) is 3.50. The number of rotatable bonds is 3. The van der Waals surface area contributed by atoms with Gasteiger partial charge in [0.25, 0.3) is 5.56 Å². The van der Waals surface area contributed by atoms with E-state index in [-0.39, 0.29) is 12.5 Å². The highest BCUT2D eigenvalue weighted by Gasteiger charge is 2.07. The second-order valence-corrected chi connectivity index (χ2v) is 3.50. The zero-order chi connectivity index (χ0) is 13.1. The number of nitrogens with zero attached hydrogens (tertiary/aromatic N) is 1. The standard InChI is InChI=1S/C11H10N2O5/c1-7(14)17-6-8-2-3-10(18-8)13-5-4-9(15)12-11(13)16/h2-5H,6H2,1H3,(H,12,15,16). The van der Waals surface area contributed by atoms with E-state index in [0.717, 1.165) is 4.57 Å². The number of nitrogens with one attached hydrogen (secondary N) is 1. The van der Waals surface area contributed by atoms with Gasteiger partial charge in [-0.05, 0) is 6.07 Å². The molecule has 0 aliphatic carbocycles. The molecular weight excluding hydrogens is 240 g/mol. The first-order valence-corrected chi connectivity index (χ1v) is 5.11. The lowest BCUT2D eigenvalue weighted by Crippen LogP contribution is -2.27. The largest absolute Gasteiger partial charge is 0.458 e. The predicted molar refractivity (Wildman–Crippen MR) is 60.4 cm³/mol. The Morgan fingerprint density at radius 2 is 2.17 bits per heavy atom. The van der Waals surface area contributed by atoms with E-state index in [1.54, 1.807) is 12.1 Å². The number of hydrogen-bond acceptors (Lipinski definition) is 5. The average molecular weight is 250 g/mol. The van der Waals surface area contributed by atoms with Crippen molar-refractivity contribution in [3.05, 3.63) is 51.0 Å². The van der Waals surface area contributed by atoms with E-state index in [2.05, 4.69) is 4.98 Å². The first-order chi connectivity index (χ1) is 8.56. The van der Waals surface area contributed by atoms with Crippen LogP contribution in [0.15, 0.2) is 38.4 Å². The van der Waals surface area contributed by atoms with Crippen molar-refractivity contribution in [3.8, 4) is 5.88 Å². The quantitative estimate of drug-likeness (QED) is 0.784. The highest BCUT2D eigenvalue weighted by Crippen LogP contribution is 2.11. The van der Waals surface area contributed by atoms with Gasteiger partial charge in [0.1, 0.15) is 12.4 Å². The van der Waals surface area contributed by atoms with Crippen molar-refractivity contribution in [2.75, 3.05) is 0 Å². The molecule has 0 fully saturated rings. The van der Waals surface area contributed by atoms with Crippen LogP contribution < -0.4 is 11.2 Å². The van der Waals surface area contributed by atoms with Crippen molar-refractivity contribution in [2.45, 2.75) is 13.5 Å². The van der Waals surface area contributed by atoms with Gasteiger partial charge in [0.05, 0.1) is 0 Å². The molecule has 2 heterocycles. The Bertz CT molecular complexity index is 679.